The van der Waals surface area contributed by atoms with E-state index in [1.807, 2.05) is 11.9 Å². The normalized spacial score (nSPS) is 27.2. The molecule has 0 aromatic carbocycles. The quantitative estimate of drug-likeness (QED) is 0.440. The van der Waals surface area contributed by atoms with Gasteiger partial charge in [-0.05, 0) is 18.1 Å². The molecule has 0 amide bonds. The number of rotatable bonds is 1. The van der Waals surface area contributed by atoms with Crippen LogP contribution >= 0.6 is 0 Å². The fraction of sp³-hybridized carbons (Fsp3) is 1.00. The summed E-state index contributed by atoms with van der Waals surface area (Å²) in [4.78, 5) is 1.97. The maximum absolute atomic E-state index is 10.1. The first-order valence-corrected chi connectivity index (χ1v) is 3.60. The van der Waals surface area contributed by atoms with Crippen molar-refractivity contribution >= 4 is 11.1 Å². The summed E-state index contributed by atoms with van der Waals surface area (Å²) in [6, 6.07) is 0. The molecule has 0 aliphatic carbocycles. The zero-order valence-electron chi connectivity index (χ0n) is 4.66. The van der Waals surface area contributed by atoms with Crippen molar-refractivity contribution in [2.45, 2.75) is 5.25 Å². The predicted molar refractivity (Wildman–Crippen MR) is 30.2 cm³/mol. The topological polar surface area (TPSA) is 43.4 Å². The lowest BCUT2D eigenvalue weighted by Gasteiger charge is -2.37. The van der Waals surface area contributed by atoms with Crippen LogP contribution in [0.4, 0.5) is 0 Å². The molecule has 3 nitrogen and oxygen atoms in total. The molecule has 1 aliphatic heterocycles. The Bertz CT molecular complexity index is 111. The average Bonchev–Trinajstić information content (AvgIpc) is 1.57. The van der Waals surface area contributed by atoms with E-state index in [1.165, 1.54) is 0 Å². The monoisotopic (exact) mass is 134 g/mol. The van der Waals surface area contributed by atoms with E-state index in [1.54, 1.807) is 0 Å². The Labute approximate surface area is 51.0 Å². The molecular weight excluding hydrogens is 126 g/mol. The Balaban J connectivity index is 2.25. The van der Waals surface area contributed by atoms with Crippen molar-refractivity contribution in [3.8, 4) is 0 Å². The number of nitrogens with zero attached hydrogens (tertiary/aromatic N) is 1. The first kappa shape index (κ1) is 6.19. The molecule has 1 fully saturated rings. The Kier molecular flexibility index (Phi) is 1.65. The van der Waals surface area contributed by atoms with Gasteiger partial charge in [-0.1, -0.05) is 0 Å². The third-order valence-corrected chi connectivity index (χ3v) is 2.15. The van der Waals surface area contributed by atoms with E-state index in [2.05, 4.69) is 0 Å². The Morgan fingerprint density at radius 1 is 1.75 bits per heavy atom. The molecule has 4 heteroatoms. The van der Waals surface area contributed by atoms with Gasteiger partial charge < -0.3 is 9.45 Å². The largest absolute Gasteiger partial charge is 0.772 e. The lowest BCUT2D eigenvalue weighted by atomic mass is 10.2. The summed E-state index contributed by atoms with van der Waals surface area (Å²) in [5.41, 5.74) is 0. The van der Waals surface area contributed by atoms with Gasteiger partial charge in [0.2, 0.25) is 0 Å². The molecule has 0 aromatic heterocycles. The van der Waals surface area contributed by atoms with Crippen LogP contribution in [0, 0.1) is 0 Å². The van der Waals surface area contributed by atoms with Gasteiger partial charge in [-0.15, -0.1) is 0 Å². The molecule has 0 saturated carbocycles. The maximum Gasteiger partial charge on any atom is 0.0469 e. The van der Waals surface area contributed by atoms with E-state index in [-0.39, 0.29) is 5.25 Å². The molecule has 1 heterocycles. The summed E-state index contributed by atoms with van der Waals surface area (Å²) >= 11 is -1.84. The third-order valence-electron chi connectivity index (χ3n) is 1.30. The Morgan fingerprint density at radius 2 is 2.25 bits per heavy atom. The highest BCUT2D eigenvalue weighted by Gasteiger charge is 2.23. The zero-order valence-corrected chi connectivity index (χ0v) is 5.48. The number of hydrogen-bond acceptors (Lipinski definition) is 3. The van der Waals surface area contributed by atoms with Crippen molar-refractivity contribution in [1.29, 1.82) is 0 Å². The van der Waals surface area contributed by atoms with Gasteiger partial charge in [-0.25, -0.2) is 0 Å². The van der Waals surface area contributed by atoms with Crippen LogP contribution in [0.15, 0.2) is 0 Å². The van der Waals surface area contributed by atoms with Crippen molar-refractivity contribution in [2.24, 2.45) is 0 Å². The van der Waals surface area contributed by atoms with Crippen LogP contribution in [0.3, 0.4) is 0 Å². The summed E-state index contributed by atoms with van der Waals surface area (Å²) in [5.74, 6) is 0. The van der Waals surface area contributed by atoms with Crippen LogP contribution in [-0.4, -0.2) is 39.0 Å². The second-order valence-electron chi connectivity index (χ2n) is 2.10. The number of hydrogen-bond donors (Lipinski definition) is 0. The molecule has 0 N–H and O–H groups in total. The minimum atomic E-state index is -1.84. The molecule has 1 unspecified atom stereocenters. The maximum atomic E-state index is 10.1. The highest BCUT2D eigenvalue weighted by atomic mass is 32.2. The molecule has 0 aromatic rings. The van der Waals surface area contributed by atoms with Crippen molar-refractivity contribution in [2.75, 3.05) is 20.1 Å². The van der Waals surface area contributed by atoms with Crippen molar-refractivity contribution in [1.82, 2.24) is 4.90 Å². The predicted octanol–water partition coefficient (Wildman–Crippen LogP) is -0.821. The second-order valence-corrected chi connectivity index (χ2v) is 3.29. The molecular formula is C4H8NO2S-. The van der Waals surface area contributed by atoms with Crippen LogP contribution in [0.1, 0.15) is 0 Å². The van der Waals surface area contributed by atoms with Gasteiger partial charge >= 0.3 is 0 Å². The highest BCUT2D eigenvalue weighted by molar-refractivity contribution is 7.79. The zero-order chi connectivity index (χ0) is 6.15. The lowest BCUT2D eigenvalue weighted by molar-refractivity contribution is 0.229. The van der Waals surface area contributed by atoms with Crippen LogP contribution < -0.4 is 0 Å². The van der Waals surface area contributed by atoms with Crippen LogP contribution in [-0.2, 0) is 11.1 Å². The Morgan fingerprint density at radius 3 is 2.38 bits per heavy atom. The molecule has 8 heavy (non-hydrogen) atoms. The fourth-order valence-corrected chi connectivity index (χ4v) is 1.52. The van der Waals surface area contributed by atoms with Crippen LogP contribution in [0.5, 0.6) is 0 Å². The molecule has 0 bridgehead atoms. The van der Waals surface area contributed by atoms with E-state index in [0.29, 0.717) is 13.1 Å². The molecule has 1 rings (SSSR count). The lowest BCUT2D eigenvalue weighted by Crippen LogP contribution is -2.50. The van der Waals surface area contributed by atoms with E-state index in [9.17, 15) is 8.76 Å². The van der Waals surface area contributed by atoms with E-state index >= 15 is 0 Å². The smallest absolute Gasteiger partial charge is 0.0469 e. The summed E-state index contributed by atoms with van der Waals surface area (Å²) < 4.78 is 20.2. The average molecular weight is 134 g/mol. The van der Waals surface area contributed by atoms with E-state index in [4.69, 9.17) is 0 Å². The van der Waals surface area contributed by atoms with Gasteiger partial charge in [-0.3, -0.25) is 4.21 Å². The Hall–Kier alpha value is 0.0700. The van der Waals surface area contributed by atoms with Crippen LogP contribution in [0.2, 0.25) is 0 Å². The summed E-state index contributed by atoms with van der Waals surface area (Å²) in [6.07, 6.45) is 0. The molecule has 0 radical (unpaired) electrons. The molecule has 1 atom stereocenters. The van der Waals surface area contributed by atoms with Gasteiger partial charge in [0.1, 0.15) is 0 Å². The SMILES string of the molecule is CN1CC(S(=O)[O-])C1. The van der Waals surface area contributed by atoms with Crippen molar-refractivity contribution < 1.29 is 8.76 Å². The molecule has 0 spiro atoms. The first-order chi connectivity index (χ1) is 3.70. The van der Waals surface area contributed by atoms with Crippen LogP contribution in [0.25, 0.3) is 0 Å². The minimum absolute atomic E-state index is 0.0972. The second kappa shape index (κ2) is 2.13. The third kappa shape index (κ3) is 1.07. The fourth-order valence-electron chi connectivity index (χ4n) is 0.763. The summed E-state index contributed by atoms with van der Waals surface area (Å²) in [5, 5.41) is -0.0972. The summed E-state index contributed by atoms with van der Waals surface area (Å²) in [7, 11) is 1.91. The van der Waals surface area contributed by atoms with E-state index < -0.39 is 11.1 Å². The first-order valence-electron chi connectivity index (χ1n) is 2.47. The van der Waals surface area contributed by atoms with E-state index in [0.717, 1.165) is 0 Å². The molecule has 48 valence electrons. The van der Waals surface area contributed by atoms with Gasteiger partial charge in [0.05, 0.1) is 0 Å². The van der Waals surface area contributed by atoms with Crippen molar-refractivity contribution in [3.63, 3.8) is 0 Å². The minimum Gasteiger partial charge on any atom is -0.772 e. The molecule has 1 aliphatic rings. The van der Waals surface area contributed by atoms with Gasteiger partial charge in [0, 0.05) is 18.3 Å². The molecule has 1 saturated heterocycles. The number of likely N-dealkylation sites (tertiary alicyclic amines) is 1. The van der Waals surface area contributed by atoms with Crippen molar-refractivity contribution in [3.05, 3.63) is 0 Å². The van der Waals surface area contributed by atoms with Gasteiger partial charge in [0.15, 0.2) is 0 Å². The van der Waals surface area contributed by atoms with Gasteiger partial charge in [0.25, 0.3) is 0 Å². The highest BCUT2D eigenvalue weighted by Crippen LogP contribution is 2.08. The standard InChI is InChI=1S/C4H9NO2S/c1-5-2-4(3-5)8(6)7/h4H,2-3H2,1H3,(H,6,7)/p-1. The van der Waals surface area contributed by atoms with Gasteiger partial charge in [-0.2, -0.15) is 0 Å². The summed E-state index contributed by atoms with van der Waals surface area (Å²) in [6.45, 7) is 1.41.